The SMILES string of the molecule is CCC(C)Cc1ccc(-c2cncnc2)nc1NC1CCCC1. The van der Waals surface area contributed by atoms with Gasteiger partial charge in [-0.3, -0.25) is 0 Å². The van der Waals surface area contributed by atoms with Gasteiger partial charge in [-0.05, 0) is 36.8 Å². The molecule has 3 rings (SSSR count). The molecule has 1 saturated carbocycles. The minimum absolute atomic E-state index is 0.570. The zero-order valence-electron chi connectivity index (χ0n) is 14.1. The highest BCUT2D eigenvalue weighted by atomic mass is 15.0. The quantitative estimate of drug-likeness (QED) is 0.854. The van der Waals surface area contributed by atoms with E-state index in [1.54, 1.807) is 6.33 Å². The highest BCUT2D eigenvalue weighted by Gasteiger charge is 2.18. The van der Waals surface area contributed by atoms with Crippen LogP contribution in [-0.2, 0) is 6.42 Å². The summed E-state index contributed by atoms with van der Waals surface area (Å²) in [5.41, 5.74) is 3.24. The zero-order valence-corrected chi connectivity index (χ0v) is 14.1. The van der Waals surface area contributed by atoms with Crippen LogP contribution in [0.25, 0.3) is 11.3 Å². The third kappa shape index (κ3) is 4.06. The predicted octanol–water partition coefficient (Wildman–Crippen LogP) is 4.48. The third-order valence-corrected chi connectivity index (χ3v) is 4.80. The van der Waals surface area contributed by atoms with E-state index in [0.717, 1.165) is 23.5 Å². The van der Waals surface area contributed by atoms with Crippen LogP contribution >= 0.6 is 0 Å². The number of anilines is 1. The van der Waals surface area contributed by atoms with Gasteiger partial charge in [0.2, 0.25) is 0 Å². The van der Waals surface area contributed by atoms with Gasteiger partial charge in [-0.25, -0.2) is 15.0 Å². The summed E-state index contributed by atoms with van der Waals surface area (Å²) in [4.78, 5) is 13.1. The molecular formula is C19H26N4. The Morgan fingerprint density at radius 1 is 1.17 bits per heavy atom. The molecule has 2 heterocycles. The summed E-state index contributed by atoms with van der Waals surface area (Å²) in [7, 11) is 0. The van der Waals surface area contributed by atoms with Crippen molar-refractivity contribution in [1.29, 1.82) is 0 Å². The fourth-order valence-electron chi connectivity index (χ4n) is 3.15. The maximum atomic E-state index is 4.90. The molecule has 0 radical (unpaired) electrons. The first kappa shape index (κ1) is 15.9. The summed E-state index contributed by atoms with van der Waals surface area (Å²) in [5.74, 6) is 1.73. The smallest absolute Gasteiger partial charge is 0.130 e. The van der Waals surface area contributed by atoms with Crippen LogP contribution in [0.5, 0.6) is 0 Å². The minimum atomic E-state index is 0.570. The number of nitrogens with zero attached hydrogens (tertiary/aromatic N) is 3. The molecule has 23 heavy (non-hydrogen) atoms. The summed E-state index contributed by atoms with van der Waals surface area (Å²) in [5, 5.41) is 3.70. The molecular weight excluding hydrogens is 284 g/mol. The average Bonchev–Trinajstić information content (AvgIpc) is 3.10. The van der Waals surface area contributed by atoms with Crippen molar-refractivity contribution in [2.45, 2.75) is 58.4 Å². The normalized spacial score (nSPS) is 16.4. The molecule has 1 atom stereocenters. The fourth-order valence-corrected chi connectivity index (χ4v) is 3.15. The van der Waals surface area contributed by atoms with Crippen molar-refractivity contribution in [3.05, 3.63) is 36.4 Å². The molecule has 0 spiro atoms. The van der Waals surface area contributed by atoms with Gasteiger partial charge in [-0.2, -0.15) is 0 Å². The largest absolute Gasteiger partial charge is 0.367 e. The van der Waals surface area contributed by atoms with Crippen molar-refractivity contribution in [2.75, 3.05) is 5.32 Å². The third-order valence-electron chi connectivity index (χ3n) is 4.80. The standard InChI is InChI=1S/C19H26N4/c1-3-14(2)10-15-8-9-18(16-11-20-13-21-12-16)23-19(15)22-17-6-4-5-7-17/h8-9,11-14,17H,3-7,10H2,1-2H3,(H,22,23). The fraction of sp³-hybridized carbons (Fsp3) is 0.526. The highest BCUT2D eigenvalue weighted by Crippen LogP contribution is 2.27. The van der Waals surface area contributed by atoms with Gasteiger partial charge in [-0.15, -0.1) is 0 Å². The zero-order chi connectivity index (χ0) is 16.1. The lowest BCUT2D eigenvalue weighted by Crippen LogP contribution is -2.18. The van der Waals surface area contributed by atoms with E-state index in [2.05, 4.69) is 41.3 Å². The molecule has 0 aromatic carbocycles. The van der Waals surface area contributed by atoms with Crippen LogP contribution in [0.4, 0.5) is 5.82 Å². The maximum Gasteiger partial charge on any atom is 0.130 e. The minimum Gasteiger partial charge on any atom is -0.367 e. The molecule has 1 N–H and O–H groups in total. The van der Waals surface area contributed by atoms with E-state index in [4.69, 9.17) is 4.98 Å². The molecule has 1 aliphatic carbocycles. The Morgan fingerprint density at radius 3 is 2.61 bits per heavy atom. The van der Waals surface area contributed by atoms with Crippen molar-refractivity contribution in [3.8, 4) is 11.3 Å². The first-order valence-corrected chi connectivity index (χ1v) is 8.78. The van der Waals surface area contributed by atoms with Crippen molar-refractivity contribution in [1.82, 2.24) is 15.0 Å². The summed E-state index contributed by atoms with van der Waals surface area (Å²) < 4.78 is 0. The lowest BCUT2D eigenvalue weighted by atomic mass is 9.98. The summed E-state index contributed by atoms with van der Waals surface area (Å²) in [6.07, 6.45) is 12.6. The van der Waals surface area contributed by atoms with E-state index in [1.165, 1.54) is 37.7 Å². The van der Waals surface area contributed by atoms with Gasteiger partial charge in [-0.1, -0.05) is 39.2 Å². The molecule has 1 fully saturated rings. The Labute approximate surface area is 138 Å². The van der Waals surface area contributed by atoms with E-state index in [9.17, 15) is 0 Å². The highest BCUT2D eigenvalue weighted by molar-refractivity contribution is 5.61. The lowest BCUT2D eigenvalue weighted by Gasteiger charge is -2.19. The molecule has 2 aromatic heterocycles. The second kappa shape index (κ2) is 7.53. The number of hydrogen-bond donors (Lipinski definition) is 1. The average molecular weight is 310 g/mol. The van der Waals surface area contributed by atoms with Crippen LogP contribution in [0.3, 0.4) is 0 Å². The van der Waals surface area contributed by atoms with Gasteiger partial charge < -0.3 is 5.32 Å². The second-order valence-electron chi connectivity index (χ2n) is 6.67. The Hall–Kier alpha value is -1.97. The van der Waals surface area contributed by atoms with Gasteiger partial charge >= 0.3 is 0 Å². The van der Waals surface area contributed by atoms with Gasteiger partial charge in [0.25, 0.3) is 0 Å². The first-order chi connectivity index (χ1) is 11.3. The monoisotopic (exact) mass is 310 g/mol. The summed E-state index contributed by atoms with van der Waals surface area (Å²) in [6.45, 7) is 4.55. The summed E-state index contributed by atoms with van der Waals surface area (Å²) >= 11 is 0. The predicted molar refractivity (Wildman–Crippen MR) is 94.3 cm³/mol. The van der Waals surface area contributed by atoms with Crippen LogP contribution in [-0.4, -0.2) is 21.0 Å². The lowest BCUT2D eigenvalue weighted by molar-refractivity contribution is 0.559. The molecule has 1 unspecified atom stereocenters. The first-order valence-electron chi connectivity index (χ1n) is 8.78. The number of hydrogen-bond acceptors (Lipinski definition) is 4. The molecule has 0 bridgehead atoms. The topological polar surface area (TPSA) is 50.7 Å². The van der Waals surface area contributed by atoms with E-state index in [1.807, 2.05) is 12.4 Å². The van der Waals surface area contributed by atoms with Gasteiger partial charge in [0.15, 0.2) is 0 Å². The summed E-state index contributed by atoms with van der Waals surface area (Å²) in [6, 6.07) is 4.88. The number of nitrogens with one attached hydrogen (secondary N) is 1. The second-order valence-corrected chi connectivity index (χ2v) is 6.67. The molecule has 122 valence electrons. The van der Waals surface area contributed by atoms with Crippen molar-refractivity contribution >= 4 is 5.82 Å². The number of aromatic nitrogens is 3. The van der Waals surface area contributed by atoms with E-state index < -0.39 is 0 Å². The molecule has 0 aliphatic heterocycles. The Morgan fingerprint density at radius 2 is 1.91 bits per heavy atom. The van der Waals surface area contributed by atoms with E-state index >= 15 is 0 Å². The Kier molecular flexibility index (Phi) is 5.21. The van der Waals surface area contributed by atoms with Crippen molar-refractivity contribution in [2.24, 2.45) is 5.92 Å². The van der Waals surface area contributed by atoms with Gasteiger partial charge in [0.05, 0.1) is 5.69 Å². The van der Waals surface area contributed by atoms with Crippen LogP contribution in [0.15, 0.2) is 30.9 Å². The van der Waals surface area contributed by atoms with Gasteiger partial charge in [0.1, 0.15) is 12.1 Å². The van der Waals surface area contributed by atoms with E-state index in [0.29, 0.717) is 12.0 Å². The molecule has 0 saturated heterocycles. The number of rotatable bonds is 6. The Bertz CT molecular complexity index is 621. The molecule has 4 heteroatoms. The number of pyridine rings is 1. The Balaban J connectivity index is 1.89. The molecule has 4 nitrogen and oxygen atoms in total. The van der Waals surface area contributed by atoms with Crippen LogP contribution < -0.4 is 5.32 Å². The van der Waals surface area contributed by atoms with Crippen LogP contribution in [0, 0.1) is 5.92 Å². The maximum absolute atomic E-state index is 4.90. The van der Waals surface area contributed by atoms with Gasteiger partial charge in [0, 0.05) is 24.0 Å². The van der Waals surface area contributed by atoms with Crippen LogP contribution in [0.2, 0.25) is 0 Å². The molecule has 2 aromatic rings. The van der Waals surface area contributed by atoms with Crippen molar-refractivity contribution in [3.63, 3.8) is 0 Å². The molecule has 0 amide bonds. The van der Waals surface area contributed by atoms with E-state index in [-0.39, 0.29) is 0 Å². The van der Waals surface area contributed by atoms with Crippen molar-refractivity contribution < 1.29 is 0 Å². The van der Waals surface area contributed by atoms with Crippen LogP contribution in [0.1, 0.15) is 51.5 Å². The molecule has 1 aliphatic rings.